The molecule has 0 spiro atoms. The van der Waals surface area contributed by atoms with E-state index in [4.69, 9.17) is 0 Å². The van der Waals surface area contributed by atoms with Crippen LogP contribution in [0.3, 0.4) is 0 Å². The molecule has 2 aliphatic rings. The second-order valence-corrected chi connectivity index (χ2v) is 5.77. The van der Waals surface area contributed by atoms with E-state index in [1.54, 1.807) is 11.1 Å². The van der Waals surface area contributed by atoms with Crippen molar-refractivity contribution in [3.8, 4) is 0 Å². The number of benzene rings is 1. The largest absolute Gasteiger partial charge is 0.389 e. The van der Waals surface area contributed by atoms with E-state index in [2.05, 4.69) is 24.3 Å². The Kier molecular flexibility index (Phi) is 3.51. The number of rotatable bonds is 2. The molecular weight excluding hydrogens is 220 g/mol. The maximum absolute atomic E-state index is 9.82. The fourth-order valence-corrected chi connectivity index (χ4v) is 3.29. The highest BCUT2D eigenvalue weighted by molar-refractivity contribution is 5.37. The van der Waals surface area contributed by atoms with Crippen molar-refractivity contribution >= 4 is 0 Å². The van der Waals surface area contributed by atoms with E-state index in [1.807, 2.05) is 0 Å². The van der Waals surface area contributed by atoms with Gasteiger partial charge >= 0.3 is 0 Å². The molecular formula is C17H22O. The summed E-state index contributed by atoms with van der Waals surface area (Å²) in [6, 6.07) is 6.98. The highest BCUT2D eigenvalue weighted by Crippen LogP contribution is 2.26. The van der Waals surface area contributed by atoms with E-state index >= 15 is 0 Å². The zero-order chi connectivity index (χ0) is 12.4. The van der Waals surface area contributed by atoms with Gasteiger partial charge in [0.05, 0.1) is 6.10 Å². The average Bonchev–Trinajstić information content (AvgIpc) is 2.72. The van der Waals surface area contributed by atoms with Gasteiger partial charge in [0, 0.05) is 0 Å². The van der Waals surface area contributed by atoms with Gasteiger partial charge in [-0.1, -0.05) is 36.3 Å². The van der Waals surface area contributed by atoms with Crippen LogP contribution in [0.1, 0.15) is 48.8 Å². The van der Waals surface area contributed by atoms with Crippen LogP contribution in [-0.4, -0.2) is 11.2 Å². The summed E-state index contributed by atoms with van der Waals surface area (Å²) in [4.78, 5) is 0. The fraction of sp³-hybridized carbons (Fsp3) is 0.529. The molecule has 1 aromatic rings. The molecule has 0 heterocycles. The molecule has 0 aliphatic heterocycles. The van der Waals surface area contributed by atoms with Crippen molar-refractivity contribution in [3.63, 3.8) is 0 Å². The van der Waals surface area contributed by atoms with Crippen molar-refractivity contribution in [2.45, 2.75) is 57.5 Å². The van der Waals surface area contributed by atoms with Crippen molar-refractivity contribution in [2.24, 2.45) is 0 Å². The van der Waals surface area contributed by atoms with Gasteiger partial charge in [-0.25, -0.2) is 0 Å². The number of allylic oxidation sites excluding steroid dienone is 1. The molecule has 1 heteroatoms. The molecule has 0 fully saturated rings. The number of aliphatic hydroxyl groups is 1. The predicted molar refractivity (Wildman–Crippen MR) is 74.7 cm³/mol. The summed E-state index contributed by atoms with van der Waals surface area (Å²) in [6.07, 6.45) is 11.2. The van der Waals surface area contributed by atoms with Gasteiger partial charge in [0.25, 0.3) is 0 Å². The third-order valence-electron chi connectivity index (χ3n) is 4.27. The summed E-state index contributed by atoms with van der Waals surface area (Å²) in [5, 5.41) is 9.82. The quantitative estimate of drug-likeness (QED) is 0.786. The van der Waals surface area contributed by atoms with Gasteiger partial charge in [-0.3, -0.25) is 0 Å². The summed E-state index contributed by atoms with van der Waals surface area (Å²) in [5.41, 5.74) is 5.96. The summed E-state index contributed by atoms with van der Waals surface area (Å²) < 4.78 is 0. The topological polar surface area (TPSA) is 20.2 Å². The summed E-state index contributed by atoms with van der Waals surface area (Å²) in [5.74, 6) is 0. The average molecular weight is 242 g/mol. The number of hydrogen-bond acceptors (Lipinski definition) is 1. The Balaban J connectivity index is 1.75. The Hall–Kier alpha value is -1.08. The number of hydrogen-bond donors (Lipinski definition) is 1. The number of fused-ring (bicyclic) bond motifs is 1. The van der Waals surface area contributed by atoms with Gasteiger partial charge in [-0.15, -0.1) is 0 Å². The minimum Gasteiger partial charge on any atom is -0.389 e. The van der Waals surface area contributed by atoms with Crippen LogP contribution in [0.2, 0.25) is 0 Å². The fourth-order valence-electron chi connectivity index (χ4n) is 3.29. The van der Waals surface area contributed by atoms with Crippen molar-refractivity contribution < 1.29 is 5.11 Å². The van der Waals surface area contributed by atoms with Gasteiger partial charge in [0.2, 0.25) is 0 Å². The Morgan fingerprint density at radius 2 is 1.89 bits per heavy atom. The van der Waals surface area contributed by atoms with E-state index in [9.17, 15) is 5.11 Å². The molecule has 2 aliphatic carbocycles. The molecule has 0 saturated heterocycles. The van der Waals surface area contributed by atoms with Crippen LogP contribution in [0.4, 0.5) is 0 Å². The molecule has 18 heavy (non-hydrogen) atoms. The summed E-state index contributed by atoms with van der Waals surface area (Å²) in [6.45, 7) is 0. The normalized spacial score (nSPS) is 23.4. The SMILES string of the molecule is OC1C=C(Cc2ccc3c(c2)CCC3)CCCC1. The number of aryl methyl sites for hydroxylation is 2. The standard InChI is InChI=1S/C17H22O/c18-17-7-2-1-4-13(12-17)10-14-8-9-15-5-3-6-16(15)11-14/h8-9,11-12,17-18H,1-7,10H2. The Morgan fingerprint density at radius 3 is 2.83 bits per heavy atom. The van der Waals surface area contributed by atoms with Crippen molar-refractivity contribution in [2.75, 3.05) is 0 Å². The Morgan fingerprint density at radius 1 is 1.00 bits per heavy atom. The molecule has 1 nitrogen and oxygen atoms in total. The first kappa shape index (κ1) is 12.0. The Labute approximate surface area is 110 Å². The molecule has 0 saturated carbocycles. The van der Waals surface area contributed by atoms with Crippen LogP contribution in [0.25, 0.3) is 0 Å². The molecule has 1 unspecified atom stereocenters. The lowest BCUT2D eigenvalue weighted by Crippen LogP contribution is -2.01. The first-order chi connectivity index (χ1) is 8.81. The first-order valence-corrected chi connectivity index (χ1v) is 7.29. The van der Waals surface area contributed by atoms with Gasteiger partial charge in [0.15, 0.2) is 0 Å². The van der Waals surface area contributed by atoms with Gasteiger partial charge in [0.1, 0.15) is 0 Å². The van der Waals surface area contributed by atoms with Crippen molar-refractivity contribution in [1.29, 1.82) is 0 Å². The van der Waals surface area contributed by atoms with Crippen LogP contribution in [0.5, 0.6) is 0 Å². The summed E-state index contributed by atoms with van der Waals surface area (Å²) in [7, 11) is 0. The lowest BCUT2D eigenvalue weighted by molar-refractivity contribution is 0.211. The maximum Gasteiger partial charge on any atom is 0.0723 e. The highest BCUT2D eigenvalue weighted by Gasteiger charge is 2.13. The van der Waals surface area contributed by atoms with E-state index in [0.29, 0.717) is 0 Å². The molecule has 1 N–H and O–H groups in total. The number of aliphatic hydroxyl groups excluding tert-OH is 1. The first-order valence-electron chi connectivity index (χ1n) is 7.29. The van der Waals surface area contributed by atoms with Crippen LogP contribution >= 0.6 is 0 Å². The lowest BCUT2D eigenvalue weighted by atomic mass is 9.98. The molecule has 1 atom stereocenters. The van der Waals surface area contributed by atoms with Crippen molar-refractivity contribution in [3.05, 3.63) is 46.5 Å². The monoisotopic (exact) mass is 242 g/mol. The van der Waals surface area contributed by atoms with Gasteiger partial charge in [-0.05, 0) is 61.6 Å². The molecule has 96 valence electrons. The zero-order valence-corrected chi connectivity index (χ0v) is 11.0. The van der Waals surface area contributed by atoms with E-state index < -0.39 is 0 Å². The van der Waals surface area contributed by atoms with E-state index in [-0.39, 0.29) is 6.10 Å². The zero-order valence-electron chi connectivity index (χ0n) is 11.0. The van der Waals surface area contributed by atoms with Gasteiger partial charge in [-0.2, -0.15) is 0 Å². The lowest BCUT2D eigenvalue weighted by Gasteiger charge is -2.08. The van der Waals surface area contributed by atoms with E-state index in [0.717, 1.165) is 25.7 Å². The van der Waals surface area contributed by atoms with E-state index in [1.165, 1.54) is 36.8 Å². The molecule has 1 aromatic carbocycles. The van der Waals surface area contributed by atoms with Crippen LogP contribution < -0.4 is 0 Å². The van der Waals surface area contributed by atoms with Crippen LogP contribution in [0, 0.1) is 0 Å². The second kappa shape index (κ2) is 5.27. The highest BCUT2D eigenvalue weighted by atomic mass is 16.3. The third kappa shape index (κ3) is 2.67. The Bertz CT molecular complexity index is 459. The third-order valence-corrected chi connectivity index (χ3v) is 4.27. The van der Waals surface area contributed by atoms with Gasteiger partial charge < -0.3 is 5.11 Å². The predicted octanol–water partition coefficient (Wildman–Crippen LogP) is 3.58. The molecule has 0 radical (unpaired) electrons. The molecule has 0 aromatic heterocycles. The smallest absolute Gasteiger partial charge is 0.0723 e. The minimum absolute atomic E-state index is 0.211. The summed E-state index contributed by atoms with van der Waals surface area (Å²) >= 11 is 0. The van der Waals surface area contributed by atoms with Crippen LogP contribution in [-0.2, 0) is 19.3 Å². The molecule has 3 rings (SSSR count). The molecule has 0 bridgehead atoms. The van der Waals surface area contributed by atoms with Crippen molar-refractivity contribution in [1.82, 2.24) is 0 Å². The second-order valence-electron chi connectivity index (χ2n) is 5.77. The minimum atomic E-state index is -0.211. The van der Waals surface area contributed by atoms with Crippen LogP contribution in [0.15, 0.2) is 29.8 Å². The maximum atomic E-state index is 9.82. The molecule has 0 amide bonds.